The minimum atomic E-state index is -3.11. The Morgan fingerprint density at radius 3 is 2.71 bits per heavy atom. The molecule has 0 saturated carbocycles. The molecule has 0 spiro atoms. The molecule has 1 aliphatic heterocycles. The van der Waals surface area contributed by atoms with Crippen molar-refractivity contribution in [1.82, 2.24) is 5.32 Å². The monoisotopic (exact) mass is 263 g/mol. The molecule has 100 valence electrons. The molecule has 1 heterocycles. The van der Waals surface area contributed by atoms with Gasteiger partial charge in [-0.3, -0.25) is 4.79 Å². The Kier molecular flexibility index (Phi) is 5.55. The second-order valence-electron chi connectivity index (χ2n) is 4.61. The van der Waals surface area contributed by atoms with Gasteiger partial charge < -0.3 is 10.1 Å². The second-order valence-corrected chi connectivity index (χ2v) is 7.28. The van der Waals surface area contributed by atoms with Gasteiger partial charge in [0.2, 0.25) is 0 Å². The molecular formula is C11H21NO4S. The van der Waals surface area contributed by atoms with E-state index in [1.807, 2.05) is 0 Å². The maximum Gasteiger partial charge on any atom is 0.153 e. The molecule has 1 aliphatic rings. The largest absolute Gasteiger partial charge is 0.375 e. The SMILES string of the molecule is CC(C)S(=O)(=O)CCC(=O)CC1CNCCO1. The minimum absolute atomic E-state index is 0.0390. The lowest BCUT2D eigenvalue weighted by Crippen LogP contribution is -2.39. The number of rotatable bonds is 6. The molecule has 0 bridgehead atoms. The van der Waals surface area contributed by atoms with Gasteiger partial charge in [0.25, 0.3) is 0 Å². The van der Waals surface area contributed by atoms with Gasteiger partial charge in [-0.05, 0) is 13.8 Å². The quantitative estimate of drug-likeness (QED) is 0.738. The standard InChI is InChI=1S/C11H21NO4S/c1-9(2)17(14,15)6-3-10(13)7-11-8-12-4-5-16-11/h9,11-12H,3-8H2,1-2H3. The van der Waals surface area contributed by atoms with E-state index in [9.17, 15) is 13.2 Å². The highest BCUT2D eigenvalue weighted by Crippen LogP contribution is 2.07. The third-order valence-electron chi connectivity index (χ3n) is 2.84. The van der Waals surface area contributed by atoms with Crippen molar-refractivity contribution in [3.63, 3.8) is 0 Å². The smallest absolute Gasteiger partial charge is 0.153 e. The first-order valence-corrected chi connectivity index (χ1v) is 7.69. The lowest BCUT2D eigenvalue weighted by molar-refractivity contribution is -0.122. The first-order valence-electron chi connectivity index (χ1n) is 5.97. The van der Waals surface area contributed by atoms with Crippen LogP contribution in [0.2, 0.25) is 0 Å². The summed E-state index contributed by atoms with van der Waals surface area (Å²) in [6.45, 7) is 5.36. The fourth-order valence-electron chi connectivity index (χ4n) is 1.60. The van der Waals surface area contributed by atoms with Crippen molar-refractivity contribution in [3.8, 4) is 0 Å². The Morgan fingerprint density at radius 1 is 1.47 bits per heavy atom. The Morgan fingerprint density at radius 2 is 2.18 bits per heavy atom. The number of sulfone groups is 1. The van der Waals surface area contributed by atoms with Crippen LogP contribution in [0.5, 0.6) is 0 Å². The van der Waals surface area contributed by atoms with Crippen LogP contribution >= 0.6 is 0 Å². The third kappa shape index (κ3) is 5.14. The summed E-state index contributed by atoms with van der Waals surface area (Å²) in [5, 5.41) is 2.72. The van der Waals surface area contributed by atoms with E-state index >= 15 is 0 Å². The topological polar surface area (TPSA) is 72.5 Å². The molecule has 6 heteroatoms. The predicted octanol–water partition coefficient (Wildman–Crippen LogP) is 0.147. The third-order valence-corrected chi connectivity index (χ3v) is 5.05. The molecule has 17 heavy (non-hydrogen) atoms. The zero-order valence-corrected chi connectivity index (χ0v) is 11.3. The van der Waals surface area contributed by atoms with Crippen LogP contribution in [0.3, 0.4) is 0 Å². The van der Waals surface area contributed by atoms with Crippen LogP contribution in [0.15, 0.2) is 0 Å². The molecular weight excluding hydrogens is 242 g/mol. The van der Waals surface area contributed by atoms with Crippen LogP contribution in [0, 0.1) is 0 Å². The maximum atomic E-state index is 11.6. The van der Waals surface area contributed by atoms with Gasteiger partial charge in [0.05, 0.1) is 23.7 Å². The van der Waals surface area contributed by atoms with E-state index in [0.29, 0.717) is 19.6 Å². The van der Waals surface area contributed by atoms with Crippen molar-refractivity contribution in [2.75, 3.05) is 25.4 Å². The highest BCUT2D eigenvalue weighted by atomic mass is 32.2. The highest BCUT2D eigenvalue weighted by Gasteiger charge is 2.21. The van der Waals surface area contributed by atoms with E-state index in [0.717, 1.165) is 6.54 Å². The molecule has 0 aromatic heterocycles. The van der Waals surface area contributed by atoms with Gasteiger partial charge in [0.15, 0.2) is 9.84 Å². The van der Waals surface area contributed by atoms with Crippen LogP contribution in [0.1, 0.15) is 26.7 Å². The van der Waals surface area contributed by atoms with E-state index < -0.39 is 15.1 Å². The molecule has 1 saturated heterocycles. The first-order chi connectivity index (χ1) is 7.92. The number of hydrogen-bond acceptors (Lipinski definition) is 5. The number of ketones is 1. The van der Waals surface area contributed by atoms with Crippen LogP contribution < -0.4 is 5.32 Å². The lowest BCUT2D eigenvalue weighted by atomic mass is 10.1. The number of morpholine rings is 1. The maximum absolute atomic E-state index is 11.6. The summed E-state index contributed by atoms with van der Waals surface area (Å²) in [6, 6.07) is 0. The fraction of sp³-hybridized carbons (Fsp3) is 0.909. The van der Waals surface area contributed by atoms with Crippen molar-refractivity contribution in [2.45, 2.75) is 38.0 Å². The average molecular weight is 263 g/mol. The van der Waals surface area contributed by atoms with Gasteiger partial charge in [-0.15, -0.1) is 0 Å². The summed E-state index contributed by atoms with van der Waals surface area (Å²) in [5.41, 5.74) is 0. The van der Waals surface area contributed by atoms with Crippen molar-refractivity contribution in [2.24, 2.45) is 0 Å². The van der Waals surface area contributed by atoms with Gasteiger partial charge >= 0.3 is 0 Å². The fourth-order valence-corrected chi connectivity index (χ4v) is 2.58. The molecule has 1 rings (SSSR count). The molecule has 0 aromatic carbocycles. The number of nitrogens with one attached hydrogen (secondary N) is 1. The molecule has 0 aliphatic carbocycles. The van der Waals surface area contributed by atoms with Crippen molar-refractivity contribution < 1.29 is 17.9 Å². The van der Waals surface area contributed by atoms with E-state index in [1.165, 1.54) is 0 Å². The summed E-state index contributed by atoms with van der Waals surface area (Å²) >= 11 is 0. The van der Waals surface area contributed by atoms with E-state index in [1.54, 1.807) is 13.8 Å². The summed E-state index contributed by atoms with van der Waals surface area (Å²) in [7, 11) is -3.11. The zero-order chi connectivity index (χ0) is 12.9. The minimum Gasteiger partial charge on any atom is -0.375 e. The van der Waals surface area contributed by atoms with Gasteiger partial charge in [0, 0.05) is 25.9 Å². The summed E-state index contributed by atoms with van der Waals surface area (Å²) in [4.78, 5) is 11.6. The number of hydrogen-bond donors (Lipinski definition) is 1. The molecule has 1 fully saturated rings. The Bertz CT molecular complexity index is 344. The van der Waals surface area contributed by atoms with Gasteiger partial charge in [0.1, 0.15) is 5.78 Å². The van der Waals surface area contributed by atoms with E-state index in [4.69, 9.17) is 4.74 Å². The molecule has 0 radical (unpaired) electrons. The van der Waals surface area contributed by atoms with E-state index in [-0.39, 0.29) is 24.1 Å². The Labute approximate surface area is 103 Å². The van der Waals surface area contributed by atoms with Gasteiger partial charge in [-0.25, -0.2) is 8.42 Å². The molecule has 1 N–H and O–H groups in total. The number of carbonyl (C=O) groups is 1. The number of carbonyl (C=O) groups excluding carboxylic acids is 1. The van der Waals surface area contributed by atoms with Crippen molar-refractivity contribution in [3.05, 3.63) is 0 Å². The van der Waals surface area contributed by atoms with Gasteiger partial charge in [-0.1, -0.05) is 0 Å². The number of Topliss-reactive ketones (excluding diaryl/α,β-unsaturated/α-hetero) is 1. The van der Waals surface area contributed by atoms with Crippen LogP contribution in [-0.2, 0) is 19.4 Å². The first kappa shape index (κ1) is 14.6. The molecule has 0 amide bonds. The lowest BCUT2D eigenvalue weighted by Gasteiger charge is -2.22. The Hall–Kier alpha value is -0.460. The van der Waals surface area contributed by atoms with Crippen LogP contribution in [0.4, 0.5) is 0 Å². The normalized spacial score (nSPS) is 21.7. The number of ether oxygens (including phenoxy) is 1. The Balaban J connectivity index is 2.30. The highest BCUT2D eigenvalue weighted by molar-refractivity contribution is 7.91. The molecule has 5 nitrogen and oxygen atoms in total. The zero-order valence-electron chi connectivity index (χ0n) is 10.4. The summed E-state index contributed by atoms with van der Waals surface area (Å²) in [6.07, 6.45) is 0.305. The van der Waals surface area contributed by atoms with Gasteiger partial charge in [-0.2, -0.15) is 0 Å². The molecule has 1 atom stereocenters. The molecule has 1 unspecified atom stereocenters. The van der Waals surface area contributed by atoms with Crippen molar-refractivity contribution in [1.29, 1.82) is 0 Å². The van der Waals surface area contributed by atoms with Crippen LogP contribution in [-0.4, -0.2) is 51.0 Å². The van der Waals surface area contributed by atoms with E-state index in [2.05, 4.69) is 5.32 Å². The molecule has 0 aromatic rings. The van der Waals surface area contributed by atoms with Crippen LogP contribution in [0.25, 0.3) is 0 Å². The summed E-state index contributed by atoms with van der Waals surface area (Å²) in [5.74, 6) is -0.0909. The average Bonchev–Trinajstić information content (AvgIpc) is 2.28. The predicted molar refractivity (Wildman–Crippen MR) is 65.8 cm³/mol. The summed E-state index contributed by atoms with van der Waals surface area (Å²) < 4.78 is 28.5. The second kappa shape index (κ2) is 6.47. The van der Waals surface area contributed by atoms with Crippen molar-refractivity contribution >= 4 is 15.6 Å².